The van der Waals surface area contributed by atoms with E-state index in [1.807, 2.05) is 12.1 Å². The molecule has 1 saturated heterocycles. The van der Waals surface area contributed by atoms with Gasteiger partial charge in [-0.1, -0.05) is 54.6 Å². The van der Waals surface area contributed by atoms with Crippen molar-refractivity contribution in [3.8, 4) is 0 Å². The normalized spacial score (nSPS) is 14.8. The third-order valence-electron chi connectivity index (χ3n) is 6.16. The molecule has 0 spiro atoms. The molecule has 1 amide bonds. The highest BCUT2D eigenvalue weighted by atomic mass is 16.6. The fourth-order valence-corrected chi connectivity index (χ4v) is 4.26. The van der Waals surface area contributed by atoms with Crippen molar-refractivity contribution < 1.29 is 9.72 Å². The SMILES string of the molecule is O=C(N/N=C\c1cccc([N+](=O)[O-])c1)c1ccc(CN2CCC(Cc3ccccc3)CC2)cc1. The number of benzene rings is 3. The summed E-state index contributed by atoms with van der Waals surface area (Å²) in [5.74, 6) is 0.419. The molecule has 3 aromatic carbocycles. The van der Waals surface area contributed by atoms with Crippen molar-refractivity contribution in [2.75, 3.05) is 13.1 Å². The van der Waals surface area contributed by atoms with Crippen molar-refractivity contribution in [2.45, 2.75) is 25.8 Å². The zero-order valence-corrected chi connectivity index (χ0v) is 19.0. The number of carbonyl (C=O) groups excluding carboxylic acids is 1. The van der Waals surface area contributed by atoms with Gasteiger partial charge in [0.25, 0.3) is 11.6 Å². The maximum absolute atomic E-state index is 12.4. The van der Waals surface area contributed by atoms with E-state index in [4.69, 9.17) is 0 Å². The van der Waals surface area contributed by atoms with Crippen molar-refractivity contribution in [3.63, 3.8) is 0 Å². The number of nitro groups is 1. The van der Waals surface area contributed by atoms with Gasteiger partial charge in [0.2, 0.25) is 0 Å². The van der Waals surface area contributed by atoms with Gasteiger partial charge in [-0.25, -0.2) is 5.43 Å². The number of nitrogens with one attached hydrogen (secondary N) is 1. The minimum Gasteiger partial charge on any atom is -0.299 e. The number of piperidine rings is 1. The first-order valence-electron chi connectivity index (χ1n) is 11.5. The van der Waals surface area contributed by atoms with Crippen LogP contribution in [-0.4, -0.2) is 35.0 Å². The Morgan fingerprint density at radius 3 is 2.44 bits per heavy atom. The Morgan fingerprint density at radius 1 is 1.00 bits per heavy atom. The molecule has 3 aromatic rings. The van der Waals surface area contributed by atoms with E-state index < -0.39 is 4.92 Å². The molecule has 0 radical (unpaired) electrons. The number of hydrogen-bond donors (Lipinski definition) is 1. The van der Waals surface area contributed by atoms with E-state index in [1.165, 1.54) is 42.3 Å². The molecule has 1 fully saturated rings. The number of hydrazone groups is 1. The average Bonchev–Trinajstić information content (AvgIpc) is 2.86. The van der Waals surface area contributed by atoms with Gasteiger partial charge in [0.1, 0.15) is 0 Å². The zero-order valence-electron chi connectivity index (χ0n) is 19.0. The van der Waals surface area contributed by atoms with Gasteiger partial charge in [0.05, 0.1) is 11.1 Å². The summed E-state index contributed by atoms with van der Waals surface area (Å²) < 4.78 is 0. The van der Waals surface area contributed by atoms with E-state index in [-0.39, 0.29) is 11.6 Å². The Kier molecular flexibility index (Phi) is 7.78. The maximum Gasteiger partial charge on any atom is 0.271 e. The number of amides is 1. The molecule has 7 heteroatoms. The van der Waals surface area contributed by atoms with Crippen molar-refractivity contribution >= 4 is 17.8 Å². The van der Waals surface area contributed by atoms with Crippen LogP contribution in [0.3, 0.4) is 0 Å². The summed E-state index contributed by atoms with van der Waals surface area (Å²) in [5.41, 5.74) is 6.10. The summed E-state index contributed by atoms with van der Waals surface area (Å²) in [4.78, 5) is 25.2. The van der Waals surface area contributed by atoms with Crippen LogP contribution >= 0.6 is 0 Å². The Hall–Kier alpha value is -3.84. The van der Waals surface area contributed by atoms with Crippen LogP contribution in [0.2, 0.25) is 0 Å². The summed E-state index contributed by atoms with van der Waals surface area (Å²) in [5, 5.41) is 14.8. The average molecular weight is 457 g/mol. The largest absolute Gasteiger partial charge is 0.299 e. The Bertz CT molecular complexity index is 1140. The molecule has 0 saturated carbocycles. The van der Waals surface area contributed by atoms with Crippen LogP contribution in [0.5, 0.6) is 0 Å². The number of likely N-dealkylation sites (tertiary alicyclic amines) is 1. The van der Waals surface area contributed by atoms with Crippen LogP contribution < -0.4 is 5.43 Å². The first-order valence-corrected chi connectivity index (χ1v) is 11.5. The lowest BCUT2D eigenvalue weighted by molar-refractivity contribution is -0.384. The molecule has 174 valence electrons. The van der Waals surface area contributed by atoms with E-state index in [0.29, 0.717) is 11.1 Å². The Balaban J connectivity index is 1.23. The van der Waals surface area contributed by atoms with Crippen molar-refractivity contribution in [1.82, 2.24) is 10.3 Å². The molecule has 1 N–H and O–H groups in total. The lowest BCUT2D eigenvalue weighted by atomic mass is 9.90. The third kappa shape index (κ3) is 6.59. The quantitative estimate of drug-likeness (QED) is 0.299. The predicted molar refractivity (Wildman–Crippen MR) is 133 cm³/mol. The number of nitrogens with zero attached hydrogens (tertiary/aromatic N) is 3. The lowest BCUT2D eigenvalue weighted by Crippen LogP contribution is -2.33. The van der Waals surface area contributed by atoms with Gasteiger partial charge >= 0.3 is 0 Å². The van der Waals surface area contributed by atoms with Crippen LogP contribution in [0.25, 0.3) is 0 Å². The predicted octanol–water partition coefficient (Wildman–Crippen LogP) is 4.81. The minimum atomic E-state index is -0.468. The molecule has 7 nitrogen and oxygen atoms in total. The number of non-ortho nitro benzene ring substituents is 1. The molecule has 0 bridgehead atoms. The first-order chi connectivity index (χ1) is 16.6. The smallest absolute Gasteiger partial charge is 0.271 e. The monoisotopic (exact) mass is 456 g/mol. The highest BCUT2D eigenvalue weighted by Crippen LogP contribution is 2.23. The topological polar surface area (TPSA) is 87.8 Å². The van der Waals surface area contributed by atoms with Crippen molar-refractivity contribution in [1.29, 1.82) is 0 Å². The fourth-order valence-electron chi connectivity index (χ4n) is 4.26. The van der Waals surface area contributed by atoms with Crippen LogP contribution in [0, 0.1) is 16.0 Å². The summed E-state index contributed by atoms with van der Waals surface area (Å²) in [7, 11) is 0. The van der Waals surface area contributed by atoms with E-state index in [1.54, 1.807) is 24.3 Å². The number of nitro benzene ring substituents is 1. The van der Waals surface area contributed by atoms with Crippen molar-refractivity contribution in [2.24, 2.45) is 11.0 Å². The number of hydrogen-bond acceptors (Lipinski definition) is 5. The van der Waals surface area contributed by atoms with Gasteiger partial charge in [0, 0.05) is 29.8 Å². The van der Waals surface area contributed by atoms with Gasteiger partial charge in [-0.05, 0) is 61.5 Å². The Labute approximate surface area is 199 Å². The fraction of sp³-hybridized carbons (Fsp3) is 0.259. The second-order valence-corrected chi connectivity index (χ2v) is 8.66. The summed E-state index contributed by atoms with van der Waals surface area (Å²) in [6.45, 7) is 3.06. The molecule has 1 heterocycles. The second-order valence-electron chi connectivity index (χ2n) is 8.66. The minimum absolute atomic E-state index is 0.0220. The molecule has 0 aromatic heterocycles. The van der Waals surface area contributed by atoms with Gasteiger partial charge < -0.3 is 0 Å². The molecule has 0 aliphatic carbocycles. The van der Waals surface area contributed by atoms with E-state index >= 15 is 0 Å². The van der Waals surface area contributed by atoms with Gasteiger partial charge in [0.15, 0.2) is 0 Å². The van der Waals surface area contributed by atoms with Gasteiger partial charge in [-0.15, -0.1) is 0 Å². The molecule has 4 rings (SSSR count). The highest BCUT2D eigenvalue weighted by molar-refractivity contribution is 5.94. The summed E-state index contributed by atoms with van der Waals surface area (Å²) >= 11 is 0. The maximum atomic E-state index is 12.4. The van der Waals surface area contributed by atoms with Crippen LogP contribution in [0.4, 0.5) is 5.69 Å². The van der Waals surface area contributed by atoms with Crippen LogP contribution in [0.15, 0.2) is 84.0 Å². The third-order valence-corrected chi connectivity index (χ3v) is 6.16. The standard InChI is InChI=1S/C27H28N4O3/c32-27(29-28-19-24-7-4-8-26(18-24)31(33)34)25-11-9-23(10-12-25)20-30-15-13-22(14-16-30)17-21-5-2-1-3-6-21/h1-12,18-19,22H,13-17,20H2,(H,29,32)/b28-19-. The van der Waals surface area contributed by atoms with Gasteiger partial charge in [-0.3, -0.25) is 19.8 Å². The van der Waals surface area contributed by atoms with Crippen LogP contribution in [-0.2, 0) is 13.0 Å². The zero-order chi connectivity index (χ0) is 23.8. The van der Waals surface area contributed by atoms with E-state index in [9.17, 15) is 14.9 Å². The first kappa shape index (κ1) is 23.3. The molecule has 0 unspecified atom stereocenters. The number of rotatable bonds is 8. The summed E-state index contributed by atoms with van der Waals surface area (Å²) in [6.07, 6.45) is 4.96. The molecule has 1 aliphatic rings. The van der Waals surface area contributed by atoms with Crippen molar-refractivity contribution in [3.05, 3.63) is 111 Å². The Morgan fingerprint density at radius 2 is 1.74 bits per heavy atom. The second kappa shape index (κ2) is 11.3. The molecule has 34 heavy (non-hydrogen) atoms. The molecular weight excluding hydrogens is 428 g/mol. The molecule has 1 aliphatic heterocycles. The molecule has 0 atom stereocenters. The van der Waals surface area contributed by atoms with Crippen LogP contribution in [0.1, 0.15) is 39.9 Å². The molecular formula is C27H28N4O3. The highest BCUT2D eigenvalue weighted by Gasteiger charge is 2.19. The summed E-state index contributed by atoms with van der Waals surface area (Å²) in [6, 6.07) is 24.3. The van der Waals surface area contributed by atoms with E-state index in [0.717, 1.165) is 32.0 Å². The van der Waals surface area contributed by atoms with E-state index in [2.05, 4.69) is 45.8 Å². The lowest BCUT2D eigenvalue weighted by Gasteiger charge is -2.32. The van der Waals surface area contributed by atoms with Gasteiger partial charge in [-0.2, -0.15) is 5.10 Å². The number of carbonyl (C=O) groups is 1.